The Hall–Kier alpha value is -3.10. The molecule has 0 saturated heterocycles. The van der Waals surface area contributed by atoms with Crippen molar-refractivity contribution in [3.63, 3.8) is 0 Å². The third-order valence-corrected chi connectivity index (χ3v) is 6.03. The van der Waals surface area contributed by atoms with Gasteiger partial charge in [0, 0.05) is 20.6 Å². The van der Waals surface area contributed by atoms with E-state index in [0.29, 0.717) is 0 Å². The first kappa shape index (κ1) is 15.9. The van der Waals surface area contributed by atoms with Crippen molar-refractivity contribution in [2.24, 2.45) is 0 Å². The predicted octanol–water partition coefficient (Wildman–Crippen LogP) is 8.32. The zero-order valence-electron chi connectivity index (χ0n) is 14.9. The Bertz CT molecular complexity index is 1510. The van der Waals surface area contributed by atoms with Crippen LogP contribution in [0.2, 0.25) is 0 Å². The molecule has 0 amide bonds. The molecule has 5 aromatic carbocycles. The number of fused-ring (bicyclic) bond motifs is 6. The summed E-state index contributed by atoms with van der Waals surface area (Å²) in [5, 5.41) is 7.13. The number of hydrogen-bond donors (Lipinski definition) is 0. The van der Waals surface area contributed by atoms with Crippen molar-refractivity contribution in [1.82, 2.24) is 0 Å². The maximum atomic E-state index is 6.33. The first-order valence-corrected chi connectivity index (χ1v) is 10.1. The Kier molecular flexibility index (Phi) is 3.38. The molecule has 0 spiro atoms. The molecule has 0 aliphatic heterocycles. The molecule has 0 atom stereocenters. The van der Waals surface area contributed by atoms with Gasteiger partial charge < -0.3 is 4.42 Å². The maximum Gasteiger partial charge on any atom is 0.143 e. The molecule has 132 valence electrons. The smallest absolute Gasteiger partial charge is 0.143 e. The highest BCUT2D eigenvalue weighted by molar-refractivity contribution is 9.10. The molecule has 0 aliphatic rings. The zero-order chi connectivity index (χ0) is 18.7. The molecule has 2 heteroatoms. The van der Waals surface area contributed by atoms with E-state index in [1.165, 1.54) is 38.1 Å². The third kappa shape index (κ3) is 2.38. The fourth-order valence-electron chi connectivity index (χ4n) is 4.07. The van der Waals surface area contributed by atoms with Gasteiger partial charge >= 0.3 is 0 Å². The van der Waals surface area contributed by atoms with Crippen LogP contribution in [0.25, 0.3) is 54.6 Å². The van der Waals surface area contributed by atoms with Crippen molar-refractivity contribution in [3.8, 4) is 11.1 Å². The van der Waals surface area contributed by atoms with Gasteiger partial charge in [0.2, 0.25) is 0 Å². The van der Waals surface area contributed by atoms with Gasteiger partial charge in [-0.2, -0.15) is 0 Å². The second kappa shape index (κ2) is 5.95. The van der Waals surface area contributed by atoms with Crippen LogP contribution in [-0.4, -0.2) is 0 Å². The lowest BCUT2D eigenvalue weighted by Crippen LogP contribution is -1.79. The number of hydrogen-bond acceptors (Lipinski definition) is 1. The largest absolute Gasteiger partial charge is 0.455 e. The number of halogens is 1. The number of benzene rings is 5. The van der Waals surface area contributed by atoms with E-state index < -0.39 is 0 Å². The normalized spacial score (nSPS) is 11.8. The summed E-state index contributed by atoms with van der Waals surface area (Å²) in [4.78, 5) is 0. The quantitative estimate of drug-likeness (QED) is 0.259. The minimum atomic E-state index is 0.937. The van der Waals surface area contributed by atoms with Crippen LogP contribution in [0.15, 0.2) is 99.9 Å². The summed E-state index contributed by atoms with van der Waals surface area (Å²) in [6, 6.07) is 32.2. The highest BCUT2D eigenvalue weighted by Crippen LogP contribution is 2.37. The van der Waals surface area contributed by atoms with Crippen molar-refractivity contribution in [2.45, 2.75) is 0 Å². The topological polar surface area (TPSA) is 13.1 Å². The molecule has 28 heavy (non-hydrogen) atoms. The van der Waals surface area contributed by atoms with Gasteiger partial charge in [-0.3, -0.25) is 0 Å². The minimum Gasteiger partial charge on any atom is -0.455 e. The summed E-state index contributed by atoms with van der Waals surface area (Å²) < 4.78 is 7.42. The molecule has 6 rings (SSSR count). The van der Waals surface area contributed by atoms with E-state index in [-0.39, 0.29) is 0 Å². The minimum absolute atomic E-state index is 0.937. The average molecular weight is 423 g/mol. The van der Waals surface area contributed by atoms with Crippen LogP contribution >= 0.6 is 15.9 Å². The summed E-state index contributed by atoms with van der Waals surface area (Å²) in [6.45, 7) is 0. The molecular weight excluding hydrogens is 408 g/mol. The van der Waals surface area contributed by atoms with Crippen molar-refractivity contribution in [2.75, 3.05) is 0 Å². The first-order chi connectivity index (χ1) is 13.8. The van der Waals surface area contributed by atoms with Crippen LogP contribution in [0.1, 0.15) is 0 Å². The van der Waals surface area contributed by atoms with Gasteiger partial charge in [0.1, 0.15) is 11.2 Å². The van der Waals surface area contributed by atoms with Gasteiger partial charge in [-0.15, -0.1) is 0 Å². The first-order valence-electron chi connectivity index (χ1n) is 9.30. The van der Waals surface area contributed by atoms with E-state index in [4.69, 9.17) is 4.42 Å². The Labute approximate surface area is 170 Å². The predicted molar refractivity (Wildman–Crippen MR) is 122 cm³/mol. The fraction of sp³-hybridized carbons (Fsp3) is 0. The number of furan rings is 1. The van der Waals surface area contributed by atoms with Crippen LogP contribution in [0.5, 0.6) is 0 Å². The molecular formula is C26H15BrO. The summed E-state index contributed by atoms with van der Waals surface area (Å²) in [5.41, 5.74) is 4.32. The van der Waals surface area contributed by atoms with Gasteiger partial charge in [-0.1, -0.05) is 70.5 Å². The monoisotopic (exact) mass is 422 g/mol. The standard InChI is InChI=1S/C26H15BrO/c27-21-10-7-16(8-11-21)18-5-6-19-14-24-23-12-9-17-3-1-2-4-22(17)26(23)28-25(24)15-20(19)13-18/h1-15H. The Morgan fingerprint density at radius 2 is 1.32 bits per heavy atom. The number of rotatable bonds is 1. The molecule has 1 aromatic heterocycles. The van der Waals surface area contributed by atoms with Crippen molar-refractivity contribution in [3.05, 3.63) is 95.5 Å². The van der Waals surface area contributed by atoms with Crippen LogP contribution in [0.3, 0.4) is 0 Å². The van der Waals surface area contributed by atoms with Crippen LogP contribution in [0, 0.1) is 0 Å². The van der Waals surface area contributed by atoms with Crippen LogP contribution < -0.4 is 0 Å². The molecule has 1 nitrogen and oxygen atoms in total. The molecule has 6 aromatic rings. The fourth-order valence-corrected chi connectivity index (χ4v) is 4.33. The van der Waals surface area contributed by atoms with E-state index in [1.807, 2.05) is 0 Å². The second-order valence-electron chi connectivity index (χ2n) is 7.18. The van der Waals surface area contributed by atoms with Gasteiger partial charge in [-0.05, 0) is 63.7 Å². The van der Waals surface area contributed by atoms with Gasteiger partial charge in [0.05, 0.1) is 0 Å². The zero-order valence-corrected chi connectivity index (χ0v) is 16.5. The van der Waals surface area contributed by atoms with E-state index in [1.54, 1.807) is 0 Å². The van der Waals surface area contributed by atoms with Crippen LogP contribution in [-0.2, 0) is 0 Å². The van der Waals surface area contributed by atoms with Gasteiger partial charge in [0.25, 0.3) is 0 Å². The summed E-state index contributed by atoms with van der Waals surface area (Å²) in [7, 11) is 0. The van der Waals surface area contributed by atoms with Crippen molar-refractivity contribution < 1.29 is 4.42 Å². The lowest BCUT2D eigenvalue weighted by molar-refractivity contribution is 0.673. The van der Waals surface area contributed by atoms with Gasteiger partial charge in [0.15, 0.2) is 0 Å². The highest BCUT2D eigenvalue weighted by atomic mass is 79.9. The second-order valence-corrected chi connectivity index (χ2v) is 8.10. The molecule has 0 fully saturated rings. The van der Waals surface area contributed by atoms with Crippen molar-refractivity contribution >= 4 is 59.4 Å². The molecule has 0 N–H and O–H groups in total. The summed E-state index contributed by atoms with van der Waals surface area (Å²) in [5.74, 6) is 0. The van der Waals surface area contributed by atoms with Crippen LogP contribution in [0.4, 0.5) is 0 Å². The molecule has 0 saturated carbocycles. The van der Waals surface area contributed by atoms with E-state index >= 15 is 0 Å². The maximum absolute atomic E-state index is 6.33. The Morgan fingerprint density at radius 1 is 0.536 bits per heavy atom. The summed E-state index contributed by atoms with van der Waals surface area (Å²) >= 11 is 3.51. The van der Waals surface area contributed by atoms with Crippen molar-refractivity contribution in [1.29, 1.82) is 0 Å². The molecule has 0 radical (unpaired) electrons. The Morgan fingerprint density at radius 3 is 2.21 bits per heavy atom. The SMILES string of the molecule is Brc1ccc(-c2ccc3cc4c(cc3c2)oc2c3ccccc3ccc42)cc1. The lowest BCUT2D eigenvalue weighted by atomic mass is 9.99. The van der Waals surface area contributed by atoms with Gasteiger partial charge in [-0.25, -0.2) is 0 Å². The molecule has 0 bridgehead atoms. The van der Waals surface area contributed by atoms with E-state index in [2.05, 4.69) is 107 Å². The molecule has 0 aliphatic carbocycles. The Balaban J connectivity index is 1.62. The summed E-state index contributed by atoms with van der Waals surface area (Å²) in [6.07, 6.45) is 0. The lowest BCUT2D eigenvalue weighted by Gasteiger charge is -2.05. The van der Waals surface area contributed by atoms with E-state index in [0.717, 1.165) is 21.0 Å². The van der Waals surface area contributed by atoms with E-state index in [9.17, 15) is 0 Å². The third-order valence-electron chi connectivity index (χ3n) is 5.50. The molecule has 1 heterocycles. The molecule has 0 unspecified atom stereocenters. The highest BCUT2D eigenvalue weighted by Gasteiger charge is 2.11. The average Bonchev–Trinajstić information content (AvgIpc) is 3.10.